The first kappa shape index (κ1) is 62.7. The van der Waals surface area contributed by atoms with E-state index in [0.29, 0.717) is 17.4 Å². The fourth-order valence-corrected chi connectivity index (χ4v) is 8.76. The van der Waals surface area contributed by atoms with Crippen LogP contribution < -0.4 is 5.32 Å². The second-order valence-electron chi connectivity index (χ2n) is 19.9. The molecule has 0 spiro atoms. The number of nitrogens with one attached hydrogen (secondary N) is 1. The molecule has 3 unspecified atom stereocenters. The second-order valence-corrected chi connectivity index (χ2v) is 21.4. The summed E-state index contributed by atoms with van der Waals surface area (Å²) in [7, 11) is 1.55. The lowest BCUT2D eigenvalue weighted by Gasteiger charge is -2.25. The number of carbonyl (C=O) groups is 1. The minimum Gasteiger partial charge on any atom is -0.387 e. The van der Waals surface area contributed by atoms with Gasteiger partial charge in [0, 0.05) is 6.42 Å². The van der Waals surface area contributed by atoms with E-state index in [0.717, 1.165) is 51.4 Å². The number of hydrogen-bond acceptors (Lipinski definition) is 5. The molecule has 64 heavy (non-hydrogen) atoms. The normalized spacial score (nSPS) is 14.3. The molecule has 0 aromatic heterocycles. The Morgan fingerprint density at radius 1 is 0.516 bits per heavy atom. The predicted octanol–water partition coefficient (Wildman–Crippen LogP) is 16.2. The van der Waals surface area contributed by atoms with Crippen LogP contribution in [0.3, 0.4) is 0 Å². The molecule has 3 N–H and O–H groups in total. The van der Waals surface area contributed by atoms with Gasteiger partial charge in [-0.1, -0.05) is 249 Å². The Bertz CT molecular complexity index is 1140. The van der Waals surface area contributed by atoms with Crippen molar-refractivity contribution in [3.8, 4) is 0 Å². The third-order valence-corrected chi connectivity index (χ3v) is 13.3. The number of hydrogen-bond donors (Lipinski definition) is 3. The Balaban J connectivity index is 3.99. The van der Waals surface area contributed by atoms with Crippen molar-refractivity contribution in [2.45, 2.75) is 270 Å². The van der Waals surface area contributed by atoms with Crippen LogP contribution in [0.15, 0.2) is 36.5 Å². The number of quaternary nitrogens is 1. The van der Waals surface area contributed by atoms with Crippen LogP contribution >= 0.6 is 7.82 Å². The van der Waals surface area contributed by atoms with Gasteiger partial charge in [0.1, 0.15) is 13.2 Å². The average molecular weight is 924 g/mol. The van der Waals surface area contributed by atoms with Gasteiger partial charge in [0.15, 0.2) is 0 Å². The highest BCUT2D eigenvalue weighted by Crippen LogP contribution is 2.43. The van der Waals surface area contributed by atoms with Crippen molar-refractivity contribution in [3.05, 3.63) is 36.5 Å². The molecule has 0 saturated heterocycles. The fraction of sp³-hybridized carbons (Fsp3) is 0.873. The smallest absolute Gasteiger partial charge is 0.387 e. The van der Waals surface area contributed by atoms with E-state index in [1.807, 2.05) is 27.2 Å². The number of aliphatic hydroxyl groups excluding tert-OH is 1. The van der Waals surface area contributed by atoms with Crippen LogP contribution in [0.2, 0.25) is 0 Å². The summed E-state index contributed by atoms with van der Waals surface area (Å²) in [5.41, 5.74) is 0. The van der Waals surface area contributed by atoms with E-state index in [1.165, 1.54) is 186 Å². The Kier molecular flexibility index (Phi) is 45.9. The van der Waals surface area contributed by atoms with Crippen LogP contribution in [0.5, 0.6) is 0 Å². The zero-order chi connectivity index (χ0) is 47.1. The molecule has 0 aliphatic rings. The topological polar surface area (TPSA) is 105 Å². The number of allylic oxidation sites excluding steroid dienone is 5. The van der Waals surface area contributed by atoms with Crippen molar-refractivity contribution >= 4 is 13.7 Å². The first-order chi connectivity index (χ1) is 31.0. The monoisotopic (exact) mass is 924 g/mol. The third kappa shape index (κ3) is 48.6. The van der Waals surface area contributed by atoms with E-state index in [4.69, 9.17) is 9.05 Å². The fourth-order valence-electron chi connectivity index (χ4n) is 8.02. The van der Waals surface area contributed by atoms with Crippen LogP contribution in [0, 0.1) is 0 Å². The predicted molar refractivity (Wildman–Crippen MR) is 277 cm³/mol. The first-order valence-electron chi connectivity index (χ1n) is 27.4. The Hall–Kier alpha value is -1.28. The molecular weight excluding hydrogens is 816 g/mol. The van der Waals surface area contributed by atoms with Gasteiger partial charge in [-0.3, -0.25) is 13.8 Å². The zero-order valence-electron chi connectivity index (χ0n) is 43.0. The molecule has 9 heteroatoms. The maximum Gasteiger partial charge on any atom is 0.472 e. The summed E-state index contributed by atoms with van der Waals surface area (Å²) in [6.45, 7) is 4.73. The molecule has 0 saturated carbocycles. The van der Waals surface area contributed by atoms with Gasteiger partial charge in [-0.2, -0.15) is 0 Å². The molecule has 378 valence electrons. The molecule has 0 aliphatic carbocycles. The second kappa shape index (κ2) is 46.8. The van der Waals surface area contributed by atoms with Crippen molar-refractivity contribution in [2.75, 3.05) is 40.9 Å². The number of rotatable bonds is 50. The molecule has 0 aromatic carbocycles. The third-order valence-electron chi connectivity index (χ3n) is 12.3. The van der Waals surface area contributed by atoms with Crippen LogP contribution in [-0.4, -0.2) is 73.4 Å². The van der Waals surface area contributed by atoms with Gasteiger partial charge in [0.2, 0.25) is 5.91 Å². The number of likely N-dealkylation sites (N-methyl/N-ethyl adjacent to an activating group) is 1. The summed E-state index contributed by atoms with van der Waals surface area (Å²) in [6, 6.07) is -0.866. The molecule has 0 aliphatic heterocycles. The van der Waals surface area contributed by atoms with Gasteiger partial charge < -0.3 is 19.8 Å². The number of phosphoric ester groups is 1. The lowest BCUT2D eigenvalue weighted by molar-refractivity contribution is -0.870. The molecule has 8 nitrogen and oxygen atoms in total. The van der Waals surface area contributed by atoms with E-state index >= 15 is 0 Å². The molecule has 0 fully saturated rings. The number of nitrogens with zero attached hydrogens (tertiary/aromatic N) is 1. The Labute approximate surface area is 397 Å². The van der Waals surface area contributed by atoms with Crippen molar-refractivity contribution in [2.24, 2.45) is 0 Å². The molecule has 0 heterocycles. The number of unbranched alkanes of at least 4 members (excludes halogenated alkanes) is 33. The van der Waals surface area contributed by atoms with E-state index in [2.05, 4.69) is 43.5 Å². The number of amides is 1. The summed E-state index contributed by atoms with van der Waals surface area (Å²) < 4.78 is 23.6. The van der Waals surface area contributed by atoms with Crippen molar-refractivity contribution in [3.63, 3.8) is 0 Å². The maximum atomic E-state index is 12.9. The summed E-state index contributed by atoms with van der Waals surface area (Å²) in [5, 5.41) is 13.8. The van der Waals surface area contributed by atoms with Gasteiger partial charge in [0.05, 0.1) is 39.9 Å². The summed E-state index contributed by atoms with van der Waals surface area (Å²) in [6.07, 6.45) is 59.9. The van der Waals surface area contributed by atoms with E-state index < -0.39 is 20.0 Å². The quantitative estimate of drug-likeness (QED) is 0.0243. The van der Waals surface area contributed by atoms with E-state index in [-0.39, 0.29) is 19.1 Å². The maximum absolute atomic E-state index is 12.9. The van der Waals surface area contributed by atoms with Crippen LogP contribution in [0.4, 0.5) is 0 Å². The SMILES string of the molecule is CCC/C=C/CC/C=C/CC/C=C/C(O)C(COP(=O)(O)OCC[N+](C)(C)C)NC(=O)CCCCCCCCCCCCCCCCCCCCCCCCCCCCCCCCC. The van der Waals surface area contributed by atoms with Crippen LogP contribution in [0.25, 0.3) is 0 Å². The van der Waals surface area contributed by atoms with Gasteiger partial charge in [-0.25, -0.2) is 4.57 Å². The minimum absolute atomic E-state index is 0.0546. The Morgan fingerprint density at radius 2 is 0.859 bits per heavy atom. The van der Waals surface area contributed by atoms with Crippen molar-refractivity contribution < 1.29 is 32.9 Å². The highest BCUT2D eigenvalue weighted by Gasteiger charge is 2.27. The van der Waals surface area contributed by atoms with Crippen molar-refractivity contribution in [1.82, 2.24) is 5.32 Å². The summed E-state index contributed by atoms with van der Waals surface area (Å²) in [5.74, 6) is -0.189. The lowest BCUT2D eigenvalue weighted by Crippen LogP contribution is -2.45. The molecule has 0 aromatic rings. The standard InChI is InChI=1S/C55H107N2O6P/c1-6-8-10-12-14-16-18-19-20-21-22-23-24-25-26-27-28-29-30-31-32-33-34-35-36-37-39-41-43-45-47-49-55(59)56-53(52-63-64(60,61)62-51-50-57(3,4)5)54(58)48-46-44-42-40-38-17-15-13-11-9-7-2/h11,13,38,40,46,48,53-54,58H,6-10,12,14-37,39,41-45,47,49-52H2,1-5H3,(H-,56,59,60,61)/p+1/b13-11+,40-38+,48-46+. The van der Waals surface area contributed by atoms with E-state index in [9.17, 15) is 19.4 Å². The molecule has 0 rings (SSSR count). The number of aliphatic hydroxyl groups is 1. The number of carbonyl (C=O) groups excluding carboxylic acids is 1. The van der Waals surface area contributed by atoms with Crippen molar-refractivity contribution in [1.29, 1.82) is 0 Å². The molecule has 3 atom stereocenters. The Morgan fingerprint density at radius 3 is 1.22 bits per heavy atom. The highest BCUT2D eigenvalue weighted by molar-refractivity contribution is 7.47. The van der Waals surface area contributed by atoms with Gasteiger partial charge in [-0.05, 0) is 38.5 Å². The van der Waals surface area contributed by atoms with Crippen LogP contribution in [-0.2, 0) is 18.4 Å². The summed E-state index contributed by atoms with van der Waals surface area (Å²) >= 11 is 0. The highest BCUT2D eigenvalue weighted by atomic mass is 31.2. The molecule has 0 radical (unpaired) electrons. The molecular formula is C55H108N2O6P+. The zero-order valence-corrected chi connectivity index (χ0v) is 43.9. The van der Waals surface area contributed by atoms with Gasteiger partial charge >= 0.3 is 7.82 Å². The van der Waals surface area contributed by atoms with Gasteiger partial charge in [-0.15, -0.1) is 0 Å². The minimum atomic E-state index is -4.35. The lowest BCUT2D eigenvalue weighted by atomic mass is 10.0. The van der Waals surface area contributed by atoms with Gasteiger partial charge in [0.25, 0.3) is 0 Å². The molecule has 1 amide bonds. The number of phosphoric acid groups is 1. The first-order valence-corrected chi connectivity index (χ1v) is 28.9. The van der Waals surface area contributed by atoms with Crippen LogP contribution in [0.1, 0.15) is 258 Å². The largest absolute Gasteiger partial charge is 0.472 e. The summed E-state index contributed by atoms with van der Waals surface area (Å²) in [4.78, 5) is 23.2. The van der Waals surface area contributed by atoms with E-state index in [1.54, 1.807) is 6.08 Å². The average Bonchev–Trinajstić information content (AvgIpc) is 3.25. The molecule has 0 bridgehead atoms.